The fourth-order valence-corrected chi connectivity index (χ4v) is 1.27. The minimum Gasteiger partial charge on any atom is -0.367 e. The quantitative estimate of drug-likeness (QED) is 0.584. The van der Waals surface area contributed by atoms with Crippen LogP contribution in [0.2, 0.25) is 0 Å². The van der Waals surface area contributed by atoms with Crippen molar-refractivity contribution in [2.75, 3.05) is 5.73 Å². The van der Waals surface area contributed by atoms with E-state index in [1.54, 1.807) is 12.1 Å². The van der Waals surface area contributed by atoms with Crippen LogP contribution in [0, 0.1) is 10.1 Å². The van der Waals surface area contributed by atoms with Crippen molar-refractivity contribution in [3.05, 3.63) is 39.9 Å². The van der Waals surface area contributed by atoms with Crippen molar-refractivity contribution in [1.29, 1.82) is 0 Å². The van der Waals surface area contributed by atoms with Gasteiger partial charge < -0.3 is 5.73 Å². The predicted molar refractivity (Wildman–Crippen MR) is 54.4 cm³/mol. The minimum atomic E-state index is -0.452. The van der Waals surface area contributed by atoms with Crippen molar-refractivity contribution in [3.63, 3.8) is 0 Å². The number of aromatic nitrogens is 4. The van der Waals surface area contributed by atoms with Crippen LogP contribution in [0.15, 0.2) is 24.3 Å². The van der Waals surface area contributed by atoms with Crippen LogP contribution in [-0.4, -0.2) is 25.1 Å². The van der Waals surface area contributed by atoms with E-state index < -0.39 is 4.92 Å². The van der Waals surface area contributed by atoms with Crippen LogP contribution >= 0.6 is 0 Å². The molecular formula is C8H8N6O2. The van der Waals surface area contributed by atoms with Gasteiger partial charge in [-0.15, -0.1) is 0 Å². The summed E-state index contributed by atoms with van der Waals surface area (Å²) in [6.07, 6.45) is 0. The molecule has 0 radical (unpaired) electrons. The second-order valence-electron chi connectivity index (χ2n) is 3.12. The van der Waals surface area contributed by atoms with Crippen LogP contribution in [0.4, 0.5) is 11.6 Å². The van der Waals surface area contributed by atoms with E-state index >= 15 is 0 Å². The number of nitrogens with two attached hydrogens (primary N) is 1. The number of tetrazole rings is 1. The summed E-state index contributed by atoms with van der Waals surface area (Å²) in [5.41, 5.74) is 6.23. The second-order valence-corrected chi connectivity index (χ2v) is 3.12. The number of hydrogen-bond donors (Lipinski definition) is 1. The number of anilines is 1. The van der Waals surface area contributed by atoms with Gasteiger partial charge in [0.05, 0.1) is 11.5 Å². The molecular weight excluding hydrogens is 212 g/mol. The Kier molecular flexibility index (Phi) is 2.46. The molecule has 0 saturated heterocycles. The van der Waals surface area contributed by atoms with E-state index in [1.165, 1.54) is 16.8 Å². The molecule has 0 saturated carbocycles. The van der Waals surface area contributed by atoms with Gasteiger partial charge in [-0.3, -0.25) is 10.1 Å². The predicted octanol–water partition coefficient (Wildman–Crippen LogP) is 0.212. The fraction of sp³-hybridized carbons (Fsp3) is 0.125. The number of non-ortho nitro benzene ring substituents is 1. The molecule has 0 aliphatic carbocycles. The van der Waals surface area contributed by atoms with E-state index in [4.69, 9.17) is 5.73 Å². The third-order valence-electron chi connectivity index (χ3n) is 2.01. The highest BCUT2D eigenvalue weighted by atomic mass is 16.6. The van der Waals surface area contributed by atoms with E-state index in [0.717, 1.165) is 0 Å². The summed E-state index contributed by atoms with van der Waals surface area (Å²) in [6, 6.07) is 6.23. The average molecular weight is 220 g/mol. The molecule has 16 heavy (non-hydrogen) atoms. The second kappa shape index (κ2) is 3.93. The number of nitro benzene ring substituents is 1. The molecule has 1 aromatic heterocycles. The van der Waals surface area contributed by atoms with E-state index in [0.29, 0.717) is 12.1 Å². The number of nitrogen functional groups attached to an aromatic ring is 1. The van der Waals surface area contributed by atoms with E-state index in [1.807, 2.05) is 0 Å². The topological polar surface area (TPSA) is 113 Å². The van der Waals surface area contributed by atoms with Crippen LogP contribution in [0.1, 0.15) is 5.56 Å². The normalized spacial score (nSPS) is 10.2. The Hall–Kier alpha value is -2.51. The summed E-state index contributed by atoms with van der Waals surface area (Å²) in [7, 11) is 0. The SMILES string of the molecule is Nc1nnnn1Cc1cccc([N+](=O)[O-])c1. The molecule has 0 amide bonds. The van der Waals surface area contributed by atoms with Crippen LogP contribution in [0.3, 0.4) is 0 Å². The molecule has 0 unspecified atom stereocenters. The van der Waals surface area contributed by atoms with Crippen molar-refractivity contribution in [2.24, 2.45) is 0 Å². The first-order valence-corrected chi connectivity index (χ1v) is 4.42. The van der Waals surface area contributed by atoms with Crippen LogP contribution in [0.25, 0.3) is 0 Å². The first-order chi connectivity index (χ1) is 7.66. The molecule has 2 aromatic rings. The molecule has 8 heteroatoms. The maximum absolute atomic E-state index is 10.6. The highest BCUT2D eigenvalue weighted by Crippen LogP contribution is 2.14. The molecule has 1 aromatic carbocycles. The lowest BCUT2D eigenvalue weighted by Gasteiger charge is -2.01. The first-order valence-electron chi connectivity index (χ1n) is 4.42. The van der Waals surface area contributed by atoms with Gasteiger partial charge in [0.15, 0.2) is 0 Å². The summed E-state index contributed by atoms with van der Waals surface area (Å²) in [5.74, 6) is 0.173. The highest BCUT2D eigenvalue weighted by Gasteiger charge is 2.07. The molecule has 2 rings (SSSR count). The van der Waals surface area contributed by atoms with Gasteiger partial charge in [-0.05, 0) is 16.0 Å². The summed E-state index contributed by atoms with van der Waals surface area (Å²) >= 11 is 0. The van der Waals surface area contributed by atoms with Crippen molar-refractivity contribution in [3.8, 4) is 0 Å². The number of nitrogens with zero attached hydrogens (tertiary/aromatic N) is 5. The maximum Gasteiger partial charge on any atom is 0.269 e. The average Bonchev–Trinajstić information content (AvgIpc) is 2.65. The molecule has 2 N–H and O–H groups in total. The Balaban J connectivity index is 2.25. The summed E-state index contributed by atoms with van der Waals surface area (Å²) in [4.78, 5) is 10.1. The van der Waals surface area contributed by atoms with Crippen LogP contribution in [-0.2, 0) is 6.54 Å². The fourth-order valence-electron chi connectivity index (χ4n) is 1.27. The first kappa shape index (κ1) is 10.0. The number of rotatable bonds is 3. The molecule has 82 valence electrons. The van der Waals surface area contributed by atoms with Gasteiger partial charge in [0, 0.05) is 12.1 Å². The zero-order valence-electron chi connectivity index (χ0n) is 8.15. The Morgan fingerprint density at radius 3 is 2.94 bits per heavy atom. The summed E-state index contributed by atoms with van der Waals surface area (Å²) in [5, 5.41) is 21.1. The zero-order chi connectivity index (χ0) is 11.5. The third-order valence-corrected chi connectivity index (χ3v) is 2.01. The van der Waals surface area contributed by atoms with Crippen molar-refractivity contribution in [1.82, 2.24) is 20.2 Å². The van der Waals surface area contributed by atoms with E-state index in [2.05, 4.69) is 15.5 Å². The molecule has 8 nitrogen and oxygen atoms in total. The molecule has 0 aliphatic heterocycles. The van der Waals surface area contributed by atoms with Gasteiger partial charge in [0.2, 0.25) is 5.95 Å². The molecule has 0 bridgehead atoms. The maximum atomic E-state index is 10.6. The van der Waals surface area contributed by atoms with Crippen molar-refractivity contribution >= 4 is 11.6 Å². The smallest absolute Gasteiger partial charge is 0.269 e. The Labute approximate surface area is 89.8 Å². The molecule has 0 fully saturated rings. The lowest BCUT2D eigenvalue weighted by Crippen LogP contribution is -2.06. The lowest BCUT2D eigenvalue weighted by atomic mass is 10.2. The van der Waals surface area contributed by atoms with Gasteiger partial charge in [-0.1, -0.05) is 17.2 Å². The summed E-state index contributed by atoms with van der Waals surface area (Å²) < 4.78 is 1.36. The Bertz CT molecular complexity index is 523. The number of benzene rings is 1. The van der Waals surface area contributed by atoms with Gasteiger partial charge in [-0.2, -0.15) is 0 Å². The third kappa shape index (κ3) is 1.95. The van der Waals surface area contributed by atoms with Gasteiger partial charge >= 0.3 is 0 Å². The van der Waals surface area contributed by atoms with Crippen LogP contribution < -0.4 is 5.73 Å². The minimum absolute atomic E-state index is 0.0316. The Morgan fingerprint density at radius 1 is 1.50 bits per heavy atom. The van der Waals surface area contributed by atoms with Crippen LogP contribution in [0.5, 0.6) is 0 Å². The molecule has 1 heterocycles. The van der Waals surface area contributed by atoms with Crippen molar-refractivity contribution in [2.45, 2.75) is 6.54 Å². The number of hydrogen-bond acceptors (Lipinski definition) is 6. The van der Waals surface area contributed by atoms with Gasteiger partial charge in [0.25, 0.3) is 5.69 Å². The van der Waals surface area contributed by atoms with Gasteiger partial charge in [0.1, 0.15) is 0 Å². The monoisotopic (exact) mass is 220 g/mol. The Morgan fingerprint density at radius 2 is 2.31 bits per heavy atom. The molecule has 0 aliphatic rings. The number of nitro groups is 1. The molecule has 0 atom stereocenters. The summed E-state index contributed by atoms with van der Waals surface area (Å²) in [6.45, 7) is 0.306. The highest BCUT2D eigenvalue weighted by molar-refractivity contribution is 5.34. The lowest BCUT2D eigenvalue weighted by molar-refractivity contribution is -0.384. The standard InChI is InChI=1S/C8H8N6O2/c9-8-10-11-12-13(8)5-6-2-1-3-7(4-6)14(15)16/h1-4H,5H2,(H2,9,10,12). The van der Waals surface area contributed by atoms with Gasteiger partial charge in [-0.25, -0.2) is 4.68 Å². The zero-order valence-corrected chi connectivity index (χ0v) is 8.15. The molecule has 0 spiro atoms. The van der Waals surface area contributed by atoms with Crippen molar-refractivity contribution < 1.29 is 4.92 Å². The van der Waals surface area contributed by atoms with E-state index in [9.17, 15) is 10.1 Å². The van der Waals surface area contributed by atoms with E-state index in [-0.39, 0.29) is 11.6 Å². The largest absolute Gasteiger partial charge is 0.367 e.